The number of carbonyl (C=O) groups is 2. The van der Waals surface area contributed by atoms with Crippen LogP contribution in [-0.2, 0) is 22.6 Å². The molecular weight excluding hydrogens is 476 g/mol. The predicted molar refractivity (Wildman–Crippen MR) is 140 cm³/mol. The zero-order valence-electron chi connectivity index (χ0n) is 20.3. The third-order valence-electron chi connectivity index (χ3n) is 5.84. The molecule has 0 unspecified atom stereocenters. The molecular formula is C28H28N2O5S. The van der Waals surface area contributed by atoms with Crippen molar-refractivity contribution < 1.29 is 18.7 Å². The summed E-state index contributed by atoms with van der Waals surface area (Å²) in [5.74, 6) is -0.501. The molecule has 4 aromatic rings. The zero-order chi connectivity index (χ0) is 25.5. The minimum absolute atomic E-state index is 0.0608. The lowest BCUT2D eigenvalue weighted by Gasteiger charge is -2.27. The van der Waals surface area contributed by atoms with Crippen LogP contribution >= 0.6 is 11.3 Å². The molecule has 7 nitrogen and oxygen atoms in total. The first-order chi connectivity index (χ1) is 17.5. The molecule has 2 heterocycles. The Bertz CT molecular complexity index is 1380. The van der Waals surface area contributed by atoms with Gasteiger partial charge < -0.3 is 19.0 Å². The summed E-state index contributed by atoms with van der Waals surface area (Å²) in [6.07, 6.45) is 1.42. The number of aryl methyl sites for hydroxylation is 1. The lowest BCUT2D eigenvalue weighted by atomic mass is 10.1. The van der Waals surface area contributed by atoms with Gasteiger partial charge in [-0.25, -0.2) is 0 Å². The first-order valence-corrected chi connectivity index (χ1v) is 12.5. The van der Waals surface area contributed by atoms with Crippen LogP contribution in [-0.4, -0.2) is 48.4 Å². The van der Waals surface area contributed by atoms with Crippen molar-refractivity contribution in [2.45, 2.75) is 20.0 Å². The highest BCUT2D eigenvalue weighted by Gasteiger charge is 2.24. The Morgan fingerprint density at radius 1 is 1.00 bits per heavy atom. The number of benzene rings is 2. The van der Waals surface area contributed by atoms with Crippen LogP contribution in [0.1, 0.15) is 26.4 Å². The molecule has 0 radical (unpaired) electrons. The molecule has 4 rings (SSSR count). The fraction of sp³-hybridized carbons (Fsp3) is 0.250. The molecule has 8 heteroatoms. The van der Waals surface area contributed by atoms with E-state index in [9.17, 15) is 14.4 Å². The molecule has 0 aliphatic rings. The van der Waals surface area contributed by atoms with Crippen molar-refractivity contribution in [1.82, 2.24) is 9.80 Å². The van der Waals surface area contributed by atoms with E-state index in [-0.39, 0.29) is 43.4 Å². The Morgan fingerprint density at radius 2 is 1.81 bits per heavy atom. The van der Waals surface area contributed by atoms with Crippen LogP contribution in [0.5, 0.6) is 0 Å². The second-order valence-electron chi connectivity index (χ2n) is 8.52. The van der Waals surface area contributed by atoms with Crippen molar-refractivity contribution in [3.8, 4) is 0 Å². The quantitative estimate of drug-likeness (QED) is 0.318. The van der Waals surface area contributed by atoms with E-state index in [1.165, 1.54) is 22.5 Å². The smallest absolute Gasteiger partial charge is 0.264 e. The molecule has 0 atom stereocenters. The second-order valence-corrected chi connectivity index (χ2v) is 9.47. The van der Waals surface area contributed by atoms with Crippen molar-refractivity contribution in [2.24, 2.45) is 0 Å². The summed E-state index contributed by atoms with van der Waals surface area (Å²) in [4.78, 5) is 43.5. The summed E-state index contributed by atoms with van der Waals surface area (Å²) in [5.41, 5.74) is 2.58. The van der Waals surface area contributed by atoms with Crippen LogP contribution < -0.4 is 5.43 Å². The van der Waals surface area contributed by atoms with Crippen LogP contribution in [0.25, 0.3) is 11.0 Å². The lowest BCUT2D eigenvalue weighted by molar-refractivity contribution is -0.133. The predicted octanol–water partition coefficient (Wildman–Crippen LogP) is 4.48. The summed E-state index contributed by atoms with van der Waals surface area (Å²) < 4.78 is 10.9. The number of carbonyl (C=O) groups excluding carboxylic acids is 2. The van der Waals surface area contributed by atoms with Gasteiger partial charge in [-0.05, 0) is 36.1 Å². The molecule has 2 aromatic heterocycles. The van der Waals surface area contributed by atoms with Crippen LogP contribution in [0, 0.1) is 6.92 Å². The monoisotopic (exact) mass is 504 g/mol. The molecule has 0 spiro atoms. The Kier molecular flexibility index (Phi) is 8.30. The largest absolute Gasteiger partial charge is 0.464 e. The fourth-order valence-electron chi connectivity index (χ4n) is 3.91. The van der Waals surface area contributed by atoms with Crippen LogP contribution in [0.3, 0.4) is 0 Å². The van der Waals surface area contributed by atoms with E-state index in [0.29, 0.717) is 28.0 Å². The van der Waals surface area contributed by atoms with Gasteiger partial charge in [0.1, 0.15) is 12.1 Å². The van der Waals surface area contributed by atoms with E-state index in [2.05, 4.69) is 0 Å². The van der Waals surface area contributed by atoms with E-state index >= 15 is 0 Å². The molecule has 0 fully saturated rings. The van der Waals surface area contributed by atoms with Gasteiger partial charge in [0.05, 0.1) is 35.2 Å². The minimum atomic E-state index is -0.274. The van der Waals surface area contributed by atoms with Gasteiger partial charge in [-0.1, -0.05) is 48.0 Å². The highest BCUT2D eigenvalue weighted by Crippen LogP contribution is 2.17. The molecule has 0 aliphatic carbocycles. The van der Waals surface area contributed by atoms with E-state index in [4.69, 9.17) is 9.15 Å². The van der Waals surface area contributed by atoms with Gasteiger partial charge in [-0.3, -0.25) is 14.4 Å². The number of methoxy groups -OCH3 is 1. The van der Waals surface area contributed by atoms with Crippen molar-refractivity contribution in [1.29, 1.82) is 0 Å². The number of ether oxygens (including phenoxy) is 1. The molecule has 0 saturated carbocycles. The zero-order valence-corrected chi connectivity index (χ0v) is 21.1. The molecule has 2 amide bonds. The molecule has 2 aromatic carbocycles. The maximum atomic E-state index is 13.6. The minimum Gasteiger partial charge on any atom is -0.464 e. The molecule has 186 valence electrons. The van der Waals surface area contributed by atoms with E-state index in [1.54, 1.807) is 36.3 Å². The first-order valence-electron chi connectivity index (χ1n) is 11.6. The average molecular weight is 505 g/mol. The number of amides is 2. The van der Waals surface area contributed by atoms with Crippen LogP contribution in [0.2, 0.25) is 0 Å². The van der Waals surface area contributed by atoms with E-state index in [1.807, 2.05) is 48.7 Å². The SMILES string of the molecule is COCCN(CC(=O)N(Cc1ccccc1)Cc1coc2ccc(C)cc2c1=O)C(=O)c1cccs1. The van der Waals surface area contributed by atoms with E-state index < -0.39 is 0 Å². The summed E-state index contributed by atoms with van der Waals surface area (Å²) in [6.45, 7) is 2.70. The van der Waals surface area contributed by atoms with Gasteiger partial charge in [0.2, 0.25) is 5.91 Å². The van der Waals surface area contributed by atoms with Crippen molar-refractivity contribution in [3.05, 3.63) is 104 Å². The third kappa shape index (κ3) is 6.08. The number of hydrogen-bond donors (Lipinski definition) is 0. The Hall–Kier alpha value is -3.75. The number of nitrogens with zero attached hydrogens (tertiary/aromatic N) is 2. The molecule has 0 bridgehead atoms. The molecule has 0 saturated heterocycles. The fourth-order valence-corrected chi connectivity index (χ4v) is 4.60. The first kappa shape index (κ1) is 25.3. The van der Waals surface area contributed by atoms with E-state index in [0.717, 1.165) is 11.1 Å². The molecule has 0 aliphatic heterocycles. The number of thiophene rings is 1. The normalized spacial score (nSPS) is 10.9. The van der Waals surface area contributed by atoms with Gasteiger partial charge in [-0.15, -0.1) is 11.3 Å². The molecule has 36 heavy (non-hydrogen) atoms. The summed E-state index contributed by atoms with van der Waals surface area (Å²) >= 11 is 1.33. The third-order valence-corrected chi connectivity index (χ3v) is 6.70. The van der Waals surface area contributed by atoms with Crippen molar-refractivity contribution in [2.75, 3.05) is 26.8 Å². The van der Waals surface area contributed by atoms with Gasteiger partial charge in [0.25, 0.3) is 5.91 Å². The average Bonchev–Trinajstić information content (AvgIpc) is 3.43. The number of hydrogen-bond acceptors (Lipinski definition) is 6. The highest BCUT2D eigenvalue weighted by molar-refractivity contribution is 7.12. The van der Waals surface area contributed by atoms with Crippen LogP contribution in [0.15, 0.2) is 81.5 Å². The Labute approximate surface area is 213 Å². The van der Waals surface area contributed by atoms with Crippen molar-refractivity contribution in [3.63, 3.8) is 0 Å². The highest BCUT2D eigenvalue weighted by atomic mass is 32.1. The summed E-state index contributed by atoms with van der Waals surface area (Å²) in [5, 5.41) is 2.31. The van der Waals surface area contributed by atoms with Crippen molar-refractivity contribution >= 4 is 34.1 Å². The Morgan fingerprint density at radius 3 is 2.53 bits per heavy atom. The maximum Gasteiger partial charge on any atom is 0.264 e. The second kappa shape index (κ2) is 11.8. The van der Waals surface area contributed by atoms with Gasteiger partial charge >= 0.3 is 0 Å². The van der Waals surface area contributed by atoms with Gasteiger partial charge in [-0.2, -0.15) is 0 Å². The summed E-state index contributed by atoms with van der Waals surface area (Å²) in [7, 11) is 1.55. The van der Waals surface area contributed by atoms with Gasteiger partial charge in [0.15, 0.2) is 5.43 Å². The number of fused-ring (bicyclic) bond motifs is 1. The number of rotatable bonds is 10. The lowest BCUT2D eigenvalue weighted by Crippen LogP contribution is -2.44. The topological polar surface area (TPSA) is 80.1 Å². The Balaban J connectivity index is 1.62. The maximum absolute atomic E-state index is 13.6. The van der Waals surface area contributed by atoms with Gasteiger partial charge in [0, 0.05) is 20.2 Å². The van der Waals surface area contributed by atoms with Crippen LogP contribution in [0.4, 0.5) is 0 Å². The summed E-state index contributed by atoms with van der Waals surface area (Å²) in [6, 6.07) is 18.5. The standard InChI is InChI=1S/C28H28N2O5S/c1-20-10-11-24-23(15-20)27(32)22(19-35-24)17-30(16-21-7-4-3-5-8-21)26(31)18-29(12-13-34-2)28(33)25-9-6-14-36-25/h3-11,14-15,19H,12-13,16-18H2,1-2H3. The molecule has 0 N–H and O–H groups in total.